The highest BCUT2D eigenvalue weighted by atomic mass is 28.3. The summed E-state index contributed by atoms with van der Waals surface area (Å²) >= 11 is 0. The molecule has 0 aromatic carbocycles. The van der Waals surface area contributed by atoms with Gasteiger partial charge in [-0.25, -0.2) is 0 Å². The molecule has 0 saturated carbocycles. The topological polar surface area (TPSA) is 29.3 Å². The molecule has 7 heavy (non-hydrogen) atoms. The molecule has 0 heterocycles. The molecule has 0 bridgehead atoms. The van der Waals surface area contributed by atoms with Crippen LogP contribution >= 0.6 is 0 Å². The summed E-state index contributed by atoms with van der Waals surface area (Å²) in [7, 11) is 2.64. The Hall–Kier alpha value is 0.137. The van der Waals surface area contributed by atoms with E-state index in [0.717, 1.165) is 0 Å². The quantitative estimate of drug-likeness (QED) is 0.499. The molecule has 0 aliphatic heterocycles. The predicted molar refractivity (Wildman–Crippen MR) is 35.4 cm³/mol. The van der Waals surface area contributed by atoms with Gasteiger partial charge in [-0.05, 0) is 27.2 Å². The molecule has 0 unspecified atom stereocenters. The Morgan fingerprint density at radius 2 is 1.43 bits per heavy atom. The van der Waals surface area contributed by atoms with Gasteiger partial charge < -0.3 is 9.96 Å². The molecular formula is C4H14N2Si. The maximum Gasteiger partial charge on any atom is 0.194 e. The van der Waals surface area contributed by atoms with Crippen LogP contribution < -0.4 is 5.40 Å². The van der Waals surface area contributed by atoms with Crippen LogP contribution in [0.1, 0.15) is 0 Å². The molecule has 0 spiro atoms. The predicted octanol–water partition coefficient (Wildman–Crippen LogP) is 0.209. The fourth-order valence-corrected chi connectivity index (χ4v) is 0. The van der Waals surface area contributed by atoms with Crippen molar-refractivity contribution < 1.29 is 0 Å². The Morgan fingerprint density at radius 3 is 1.43 bits per heavy atom. The lowest BCUT2D eigenvalue weighted by atomic mass is 11.3. The van der Waals surface area contributed by atoms with E-state index in [-0.39, 0.29) is 0 Å². The molecule has 0 aromatic rings. The number of rotatable bonds is 1. The van der Waals surface area contributed by atoms with E-state index in [2.05, 4.69) is 17.7 Å². The largest absolute Gasteiger partial charge is 0.339 e. The van der Waals surface area contributed by atoms with Crippen molar-refractivity contribution in [3.63, 3.8) is 0 Å². The van der Waals surface area contributed by atoms with Crippen LogP contribution in [-0.2, 0) is 0 Å². The van der Waals surface area contributed by atoms with Gasteiger partial charge in [-0.1, -0.05) is 0 Å². The summed E-state index contributed by atoms with van der Waals surface area (Å²) in [6.07, 6.45) is 0. The van der Waals surface area contributed by atoms with Crippen LogP contribution in [0.25, 0.3) is 0 Å². The maximum atomic E-state index is 5.74. The minimum Gasteiger partial charge on any atom is -0.339 e. The lowest BCUT2D eigenvalue weighted by Gasteiger charge is -2.23. The van der Waals surface area contributed by atoms with Gasteiger partial charge in [0.05, 0.1) is 0 Å². The normalized spacial score (nSPS) is 12.9. The second-order valence-electron chi connectivity index (χ2n) is 2.55. The molecular weight excluding hydrogens is 104 g/mol. The third-order valence-electron chi connectivity index (χ3n) is 1.15. The zero-order valence-corrected chi connectivity index (χ0v) is 6.52. The van der Waals surface area contributed by atoms with Gasteiger partial charge in [0, 0.05) is 0 Å². The second-order valence-corrected chi connectivity index (χ2v) is 6.75. The van der Waals surface area contributed by atoms with Crippen molar-refractivity contribution in [3.8, 4) is 0 Å². The van der Waals surface area contributed by atoms with Crippen LogP contribution in [0.2, 0.25) is 13.1 Å². The van der Waals surface area contributed by atoms with Gasteiger partial charge in [0.15, 0.2) is 8.40 Å². The van der Waals surface area contributed by atoms with E-state index in [1.807, 2.05) is 14.1 Å². The molecule has 2 N–H and O–H groups in total. The van der Waals surface area contributed by atoms with Gasteiger partial charge in [0.25, 0.3) is 0 Å². The summed E-state index contributed by atoms with van der Waals surface area (Å²) in [6, 6.07) is 0. The van der Waals surface area contributed by atoms with E-state index >= 15 is 0 Å². The third-order valence-corrected chi connectivity index (χ3v) is 3.46. The van der Waals surface area contributed by atoms with Crippen molar-refractivity contribution in [2.24, 2.45) is 5.40 Å². The molecule has 44 valence electrons. The highest BCUT2D eigenvalue weighted by molar-refractivity contribution is 6.71. The first-order valence-electron chi connectivity index (χ1n) is 2.41. The van der Waals surface area contributed by atoms with Gasteiger partial charge in [0.2, 0.25) is 0 Å². The molecule has 0 saturated heterocycles. The van der Waals surface area contributed by atoms with Crippen LogP contribution in [-0.4, -0.2) is 27.1 Å². The van der Waals surface area contributed by atoms with Crippen LogP contribution in [0, 0.1) is 0 Å². The first kappa shape index (κ1) is 7.14. The molecule has 0 aliphatic carbocycles. The molecule has 3 heteroatoms. The van der Waals surface area contributed by atoms with Crippen molar-refractivity contribution in [2.75, 3.05) is 14.1 Å². The smallest absolute Gasteiger partial charge is 0.194 e. The van der Waals surface area contributed by atoms with Crippen molar-refractivity contribution in [3.05, 3.63) is 0 Å². The van der Waals surface area contributed by atoms with E-state index in [1.54, 1.807) is 0 Å². The minimum atomic E-state index is -1.40. The minimum absolute atomic E-state index is 1.40. The fraction of sp³-hybridized carbons (Fsp3) is 1.00. The van der Waals surface area contributed by atoms with Gasteiger partial charge in [-0.15, -0.1) is 0 Å². The summed E-state index contributed by atoms with van der Waals surface area (Å²) < 4.78 is 2.10. The van der Waals surface area contributed by atoms with Crippen LogP contribution in [0.3, 0.4) is 0 Å². The standard InChI is InChI=1S/C4H14N2Si/c1-6(2)7(3,4)5/h5H2,1-4H3. The SMILES string of the molecule is CN(C)[Si](C)(C)N. The molecule has 2 nitrogen and oxygen atoms in total. The second kappa shape index (κ2) is 1.94. The first-order chi connectivity index (χ1) is 2.94. The van der Waals surface area contributed by atoms with Crippen LogP contribution in [0.15, 0.2) is 0 Å². The van der Waals surface area contributed by atoms with Crippen molar-refractivity contribution >= 4 is 8.40 Å². The molecule has 0 aliphatic rings. The van der Waals surface area contributed by atoms with Gasteiger partial charge in [-0.2, -0.15) is 0 Å². The summed E-state index contributed by atoms with van der Waals surface area (Å²) in [6.45, 7) is 4.21. The molecule has 0 radical (unpaired) electrons. The highest BCUT2D eigenvalue weighted by Gasteiger charge is 2.15. The van der Waals surface area contributed by atoms with Gasteiger partial charge in [0.1, 0.15) is 0 Å². The molecule has 0 aromatic heterocycles. The van der Waals surface area contributed by atoms with E-state index in [4.69, 9.17) is 5.40 Å². The number of hydrogen-bond acceptors (Lipinski definition) is 2. The zero-order valence-electron chi connectivity index (χ0n) is 5.52. The van der Waals surface area contributed by atoms with Gasteiger partial charge in [-0.3, -0.25) is 0 Å². The van der Waals surface area contributed by atoms with Crippen LogP contribution in [0.4, 0.5) is 0 Å². The first-order valence-corrected chi connectivity index (χ1v) is 5.43. The van der Waals surface area contributed by atoms with E-state index in [1.165, 1.54) is 0 Å². The van der Waals surface area contributed by atoms with E-state index in [0.29, 0.717) is 0 Å². The summed E-state index contributed by atoms with van der Waals surface area (Å²) in [4.78, 5) is 0. The van der Waals surface area contributed by atoms with Crippen LogP contribution in [0.5, 0.6) is 0 Å². The molecule has 0 rings (SSSR count). The Kier molecular flexibility index (Phi) is 1.98. The van der Waals surface area contributed by atoms with E-state index in [9.17, 15) is 0 Å². The number of hydrogen-bond donors (Lipinski definition) is 1. The lowest BCUT2D eigenvalue weighted by molar-refractivity contribution is 0.621. The van der Waals surface area contributed by atoms with Crippen molar-refractivity contribution in [2.45, 2.75) is 13.1 Å². The summed E-state index contributed by atoms with van der Waals surface area (Å²) in [5, 5.41) is 5.74. The monoisotopic (exact) mass is 118 g/mol. The average Bonchev–Trinajstić information content (AvgIpc) is 1.31. The lowest BCUT2D eigenvalue weighted by Crippen LogP contribution is -2.52. The zero-order chi connectivity index (χ0) is 6.08. The third kappa shape index (κ3) is 2.79. The van der Waals surface area contributed by atoms with Crippen molar-refractivity contribution in [1.29, 1.82) is 0 Å². The number of nitrogens with two attached hydrogens (primary N) is 1. The Labute approximate surface area is 46.5 Å². The number of nitrogens with zero attached hydrogens (tertiary/aromatic N) is 1. The fourth-order valence-electron chi connectivity index (χ4n) is 0. The van der Waals surface area contributed by atoms with Gasteiger partial charge >= 0.3 is 0 Å². The Balaban J connectivity index is 3.54. The highest BCUT2D eigenvalue weighted by Crippen LogP contribution is 1.92. The van der Waals surface area contributed by atoms with E-state index < -0.39 is 8.40 Å². The molecule has 0 amide bonds. The Bertz CT molecular complexity index is 55.2. The maximum absolute atomic E-state index is 5.74. The van der Waals surface area contributed by atoms with Crippen molar-refractivity contribution in [1.82, 2.24) is 4.57 Å². The molecule has 0 fully saturated rings. The molecule has 0 atom stereocenters. The average molecular weight is 118 g/mol. The summed E-state index contributed by atoms with van der Waals surface area (Å²) in [5.74, 6) is 0. The summed E-state index contributed by atoms with van der Waals surface area (Å²) in [5.41, 5.74) is 0. The Morgan fingerprint density at radius 1 is 1.29 bits per heavy atom.